The molecule has 101 heavy (non-hydrogen) atoms. The van der Waals surface area contributed by atoms with E-state index in [1.54, 1.807) is 91.0 Å². The van der Waals surface area contributed by atoms with E-state index in [4.69, 9.17) is 24.1 Å². The van der Waals surface area contributed by atoms with Crippen LogP contribution in [0.25, 0.3) is 0 Å². The lowest BCUT2D eigenvalue weighted by molar-refractivity contribution is -0.385. The number of non-ortho nitro benzene ring substituents is 2. The molecule has 0 unspecified atom stereocenters. The largest absolute Gasteiger partial charge is 0.478 e. The average molecular weight is 1450 g/mol. The van der Waals surface area contributed by atoms with Crippen LogP contribution in [0.2, 0.25) is 0 Å². The van der Waals surface area contributed by atoms with Gasteiger partial charge in [-0.25, -0.2) is 34.8 Å². The number of carbonyl (C=O) groups is 2. The van der Waals surface area contributed by atoms with Crippen LogP contribution < -0.4 is 0 Å². The highest BCUT2D eigenvalue weighted by atomic mass is 32.2. The molecule has 3 fully saturated rings. The van der Waals surface area contributed by atoms with Crippen LogP contribution in [0.5, 0.6) is 0 Å². The Morgan fingerprint density at radius 1 is 0.485 bits per heavy atom. The number of benzene rings is 5. The first-order chi connectivity index (χ1) is 47.8. The van der Waals surface area contributed by atoms with E-state index in [-0.39, 0.29) is 76.4 Å². The van der Waals surface area contributed by atoms with Crippen molar-refractivity contribution in [1.82, 2.24) is 0 Å². The average Bonchev–Trinajstić information content (AvgIpc) is 1.84. The van der Waals surface area contributed by atoms with Gasteiger partial charge >= 0.3 is 11.9 Å². The van der Waals surface area contributed by atoms with Gasteiger partial charge in [-0.15, -0.1) is 17.2 Å². The van der Waals surface area contributed by atoms with E-state index in [1.165, 1.54) is 36.4 Å². The molecule has 5 aromatic rings. The molecule has 3 N–H and O–H groups in total. The van der Waals surface area contributed by atoms with Crippen molar-refractivity contribution in [3.8, 4) is 0 Å². The Bertz CT molecular complexity index is 3980. The highest BCUT2D eigenvalue weighted by molar-refractivity contribution is 7.92. The molecular weight excluding hydrogens is 1350 g/mol. The number of rotatable bonds is 32. The van der Waals surface area contributed by atoms with Gasteiger partial charge in [0, 0.05) is 43.5 Å². The van der Waals surface area contributed by atoms with E-state index in [1.807, 2.05) is 20.8 Å². The minimum Gasteiger partial charge on any atom is -0.478 e. The molecule has 0 bridgehead atoms. The second-order valence-corrected chi connectivity index (χ2v) is 31.4. The molecular formula is C77H92N2O19S3. The maximum absolute atomic E-state index is 12.7. The summed E-state index contributed by atoms with van der Waals surface area (Å²) in [7, 11) is -9.97. The van der Waals surface area contributed by atoms with Gasteiger partial charge in [0.15, 0.2) is 29.5 Å². The van der Waals surface area contributed by atoms with E-state index in [9.17, 15) is 65.3 Å². The summed E-state index contributed by atoms with van der Waals surface area (Å²) in [5.74, 6) is -1.56. The number of nitro groups is 2. The van der Waals surface area contributed by atoms with Crippen LogP contribution in [0.15, 0.2) is 244 Å². The summed E-state index contributed by atoms with van der Waals surface area (Å²) < 4.78 is 98.5. The third-order valence-electron chi connectivity index (χ3n) is 17.0. The molecule has 0 radical (unpaired) electrons. The van der Waals surface area contributed by atoms with Crippen LogP contribution in [0, 0.1) is 20.2 Å². The summed E-state index contributed by atoms with van der Waals surface area (Å²) in [6.07, 6.45) is 6.01. The van der Waals surface area contributed by atoms with Crippen LogP contribution in [-0.2, 0) is 48.5 Å². The van der Waals surface area contributed by atoms with Crippen LogP contribution in [0.3, 0.4) is 0 Å². The number of esters is 1. The number of carboxylic acids is 1. The van der Waals surface area contributed by atoms with Crippen molar-refractivity contribution in [3.05, 3.63) is 261 Å². The highest BCUT2D eigenvalue weighted by Gasteiger charge is 2.34. The SMILES string of the molecule is C=C=C(C)C[C@@H](O)CC[C@@H]1O[C@@H](CCS(=O)(=O)c2ccccc2)CC1=C.C=C=C(C)C[C@H](CC[C@@H]1O[C@@H](CCS(=O)(=O)c2ccccc2)CC1=C)OC(=O)c1ccc([N+](=O)[O-])cc1.C=C=C(C)C[C@H](O)CC[C@@H]1O[C@@H](CCS(=O)(=O)c2ccccc2)CC1=C.O=C(O)c1ccc([N+](=O)[O-])cc1. The number of hydrogen-bond acceptors (Lipinski definition) is 18. The number of ether oxygens (including phenoxy) is 4. The van der Waals surface area contributed by atoms with Crippen molar-refractivity contribution in [2.24, 2.45) is 0 Å². The predicted molar refractivity (Wildman–Crippen MR) is 387 cm³/mol. The van der Waals surface area contributed by atoms with Gasteiger partial charge in [-0.2, -0.15) is 0 Å². The van der Waals surface area contributed by atoms with Gasteiger partial charge in [-0.05, 0) is 192 Å². The van der Waals surface area contributed by atoms with Crippen molar-refractivity contribution in [3.63, 3.8) is 0 Å². The fraction of sp³-hybridized carbons (Fsp3) is 0.390. The molecule has 0 spiro atoms. The fourth-order valence-corrected chi connectivity index (χ4v) is 15.3. The monoisotopic (exact) mass is 1440 g/mol. The quantitative estimate of drug-likeness (QED) is 0.0118. The number of carbonyl (C=O) groups excluding carboxylic acids is 1. The van der Waals surface area contributed by atoms with Crippen LogP contribution in [0.4, 0.5) is 11.4 Å². The molecule has 3 aliphatic heterocycles. The first kappa shape index (κ1) is 82.9. The number of sulfone groups is 3. The molecule has 0 aliphatic carbocycles. The first-order valence-electron chi connectivity index (χ1n) is 33.0. The van der Waals surface area contributed by atoms with Gasteiger partial charge in [0.25, 0.3) is 11.4 Å². The molecule has 0 saturated carbocycles. The summed E-state index contributed by atoms with van der Waals surface area (Å²) >= 11 is 0. The molecule has 3 heterocycles. The lowest BCUT2D eigenvalue weighted by Crippen LogP contribution is -2.22. The number of carboxylic acid groups (broad SMARTS) is 1. The molecule has 24 heteroatoms. The minimum absolute atomic E-state index is 0.0134. The lowest BCUT2D eigenvalue weighted by Gasteiger charge is -2.20. The van der Waals surface area contributed by atoms with E-state index in [0.29, 0.717) is 111 Å². The van der Waals surface area contributed by atoms with Gasteiger partial charge in [0.2, 0.25) is 0 Å². The highest BCUT2D eigenvalue weighted by Crippen LogP contribution is 2.34. The Morgan fingerprint density at radius 2 is 0.782 bits per heavy atom. The maximum atomic E-state index is 12.7. The Hall–Kier alpha value is -8.73. The van der Waals surface area contributed by atoms with Crippen LogP contribution in [-0.4, -0.2) is 135 Å². The summed E-state index contributed by atoms with van der Waals surface area (Å²) in [5.41, 5.74) is 14.0. The molecule has 21 nitrogen and oxygen atoms in total. The van der Waals surface area contributed by atoms with E-state index < -0.39 is 69.6 Å². The Morgan fingerprint density at radius 3 is 1.08 bits per heavy atom. The zero-order chi connectivity index (χ0) is 74.5. The Labute approximate surface area is 593 Å². The second kappa shape index (κ2) is 40.6. The molecule has 542 valence electrons. The standard InChI is InChI=1S/C28H31NO7S.2C21H28O4S.C7H5NO4/c1-4-20(2)18-24(36-28(30)22-10-12-23(13-11-22)29(31)32)14-15-27-21(3)19-25(35-27)16-17-37(33,34)26-8-6-5-7-9-26;2*1-4-16(2)14-18(22)10-11-21-17(3)15-19(25-21)12-13-26(23,24)20-8-6-5-7-9-20;9-7(10)5-1-3-6(4-2-5)8(11)12/h5-13,24-25,27H,1,3,14-19H2,2H3;2*5-9,18-19,21-22H,1,3,10-15H2,2H3;1-4H,(H,9,10)/t24-,25-,27-;18-,19+,21+;18-,19-,21-;/m010./s1. The topological polar surface area (TPSA) is 320 Å². The number of nitrogens with zero attached hydrogens (tertiary/aromatic N) is 2. The third kappa shape index (κ3) is 28.3. The third-order valence-corrected chi connectivity index (χ3v) is 22.3. The second-order valence-electron chi connectivity index (χ2n) is 25.1. The van der Waals surface area contributed by atoms with Crippen molar-refractivity contribution >= 4 is 52.8 Å². The molecule has 3 saturated heterocycles. The van der Waals surface area contributed by atoms with Crippen molar-refractivity contribution in [1.29, 1.82) is 0 Å². The van der Waals surface area contributed by atoms with E-state index >= 15 is 0 Å². The first-order valence-corrected chi connectivity index (χ1v) is 38.0. The lowest BCUT2D eigenvalue weighted by atomic mass is 9.99. The van der Waals surface area contributed by atoms with Crippen LogP contribution in [0.1, 0.15) is 138 Å². The zero-order valence-electron chi connectivity index (χ0n) is 57.4. The number of aliphatic hydroxyl groups excluding tert-OH is 2. The fourth-order valence-electron chi connectivity index (χ4n) is 11.2. The van der Waals surface area contributed by atoms with E-state index in [2.05, 4.69) is 56.7 Å². The van der Waals surface area contributed by atoms with Crippen molar-refractivity contribution in [2.75, 3.05) is 17.3 Å². The van der Waals surface area contributed by atoms with Gasteiger partial charge in [-0.1, -0.05) is 94.1 Å². The van der Waals surface area contributed by atoms with Crippen molar-refractivity contribution < 1.29 is 79.0 Å². The Balaban J connectivity index is 0.000000256. The zero-order valence-corrected chi connectivity index (χ0v) is 59.9. The van der Waals surface area contributed by atoms with E-state index in [0.717, 1.165) is 45.6 Å². The van der Waals surface area contributed by atoms with Gasteiger partial charge in [-0.3, -0.25) is 20.2 Å². The number of nitro benzene ring substituents is 2. The summed E-state index contributed by atoms with van der Waals surface area (Å²) in [6.45, 7) is 28.7. The summed E-state index contributed by atoms with van der Waals surface area (Å²) in [6, 6.07) is 35.3. The molecule has 0 aromatic heterocycles. The van der Waals surface area contributed by atoms with Crippen LogP contribution >= 0.6 is 0 Å². The molecule has 5 aromatic carbocycles. The number of hydrogen-bond donors (Lipinski definition) is 3. The normalized spacial score (nSPS) is 18.8. The molecule has 3 aliphatic rings. The van der Waals surface area contributed by atoms with Gasteiger partial charge in [0.05, 0.1) is 102 Å². The molecule has 9 atom stereocenters. The number of aromatic carboxylic acids is 1. The predicted octanol–water partition coefficient (Wildman–Crippen LogP) is 14.5. The Kier molecular flexibility index (Phi) is 33.4. The minimum atomic E-state index is -3.39. The van der Waals surface area contributed by atoms with Gasteiger partial charge in [0.1, 0.15) is 6.10 Å². The number of aliphatic hydroxyl groups is 2. The summed E-state index contributed by atoms with van der Waals surface area (Å²) in [5, 5.41) is 49.5. The molecule has 8 rings (SSSR count). The maximum Gasteiger partial charge on any atom is 0.338 e. The smallest absolute Gasteiger partial charge is 0.338 e. The van der Waals surface area contributed by atoms with Gasteiger partial charge < -0.3 is 34.3 Å². The summed E-state index contributed by atoms with van der Waals surface area (Å²) in [4.78, 5) is 43.9. The molecule has 0 amide bonds. The van der Waals surface area contributed by atoms with Crippen molar-refractivity contribution in [2.45, 2.75) is 187 Å².